The molecule has 0 saturated carbocycles. The number of hydrogen-bond donors (Lipinski definition) is 1. The Balaban J connectivity index is 3.05. The first kappa shape index (κ1) is 14.5. The van der Waals surface area contributed by atoms with Gasteiger partial charge >= 0.3 is 5.97 Å². The number of rotatable bonds is 6. The summed E-state index contributed by atoms with van der Waals surface area (Å²) in [6.07, 6.45) is -0.292. The first-order valence-electron chi connectivity index (χ1n) is 5.11. The van der Waals surface area contributed by atoms with E-state index in [0.29, 0.717) is 17.1 Å². The Labute approximate surface area is 113 Å². The number of alkyl halides is 1. The van der Waals surface area contributed by atoms with E-state index in [9.17, 15) is 9.59 Å². The van der Waals surface area contributed by atoms with Gasteiger partial charge < -0.3 is 14.6 Å². The number of hydrogen-bond acceptors (Lipinski definition) is 4. The monoisotopic (exact) mass is 316 g/mol. The molecule has 18 heavy (non-hydrogen) atoms. The third kappa shape index (κ3) is 3.46. The summed E-state index contributed by atoms with van der Waals surface area (Å²) >= 11 is 3.06. The molecule has 0 fully saturated rings. The van der Waals surface area contributed by atoms with E-state index >= 15 is 0 Å². The van der Waals surface area contributed by atoms with Crippen molar-refractivity contribution < 1.29 is 24.2 Å². The van der Waals surface area contributed by atoms with Gasteiger partial charge in [0.05, 0.1) is 31.0 Å². The first-order valence-corrected chi connectivity index (χ1v) is 6.03. The highest BCUT2D eigenvalue weighted by Crippen LogP contribution is 2.27. The molecule has 0 saturated heterocycles. The Morgan fingerprint density at radius 2 is 2.00 bits per heavy atom. The molecule has 0 aromatic heterocycles. The summed E-state index contributed by atoms with van der Waals surface area (Å²) in [5.41, 5.74) is 0.292. The zero-order valence-corrected chi connectivity index (χ0v) is 11.6. The van der Waals surface area contributed by atoms with Crippen molar-refractivity contribution in [1.82, 2.24) is 0 Å². The van der Waals surface area contributed by atoms with E-state index < -0.39 is 10.8 Å². The second kappa shape index (κ2) is 6.39. The van der Waals surface area contributed by atoms with E-state index in [2.05, 4.69) is 15.9 Å². The van der Waals surface area contributed by atoms with E-state index in [4.69, 9.17) is 14.6 Å². The topological polar surface area (TPSA) is 72.8 Å². The molecule has 1 rings (SSSR count). The Morgan fingerprint density at radius 3 is 2.50 bits per heavy atom. The number of carbonyl (C=O) groups is 2. The summed E-state index contributed by atoms with van der Waals surface area (Å²) in [5, 5.41) is 8.67. The lowest BCUT2D eigenvalue weighted by Crippen LogP contribution is -2.19. The highest BCUT2D eigenvalue weighted by Gasteiger charge is 2.23. The highest BCUT2D eigenvalue weighted by molar-refractivity contribution is 9.10. The number of halogens is 1. The number of carbonyl (C=O) groups excluding carboxylic acids is 1. The van der Waals surface area contributed by atoms with Gasteiger partial charge in [-0.3, -0.25) is 9.59 Å². The predicted octanol–water partition coefficient (Wildman–Crippen LogP) is 2.12. The van der Waals surface area contributed by atoms with Crippen LogP contribution in [-0.4, -0.2) is 35.9 Å². The van der Waals surface area contributed by atoms with Crippen LogP contribution in [0.5, 0.6) is 11.5 Å². The average Bonchev–Trinajstić information content (AvgIpc) is 2.36. The van der Waals surface area contributed by atoms with Crippen LogP contribution in [0.15, 0.2) is 18.2 Å². The van der Waals surface area contributed by atoms with Gasteiger partial charge in [-0.1, -0.05) is 15.9 Å². The Bertz CT molecular complexity index is 458. The van der Waals surface area contributed by atoms with Crippen molar-refractivity contribution in [2.75, 3.05) is 14.2 Å². The molecule has 1 aromatic carbocycles. The molecular formula is C12H13BrO5. The number of ether oxygens (including phenoxy) is 2. The van der Waals surface area contributed by atoms with Crippen molar-refractivity contribution in [2.45, 2.75) is 11.2 Å². The number of carboxylic acids is 1. The Morgan fingerprint density at radius 1 is 1.33 bits per heavy atom. The van der Waals surface area contributed by atoms with E-state index in [1.54, 1.807) is 12.1 Å². The summed E-state index contributed by atoms with van der Waals surface area (Å²) in [6, 6.07) is 4.79. The number of aliphatic carboxylic acids is 1. The smallest absolute Gasteiger partial charge is 0.304 e. The van der Waals surface area contributed by atoms with Crippen LogP contribution in [0.1, 0.15) is 16.8 Å². The number of methoxy groups -OCH3 is 2. The molecule has 0 aliphatic carbocycles. The molecule has 5 nitrogen and oxygen atoms in total. The molecule has 0 radical (unpaired) electrons. The van der Waals surface area contributed by atoms with Crippen LogP contribution in [0.25, 0.3) is 0 Å². The number of ketones is 1. The van der Waals surface area contributed by atoms with Crippen molar-refractivity contribution in [3.05, 3.63) is 23.8 Å². The van der Waals surface area contributed by atoms with Gasteiger partial charge in [-0.25, -0.2) is 0 Å². The van der Waals surface area contributed by atoms with Gasteiger partial charge in [0.25, 0.3) is 0 Å². The van der Waals surface area contributed by atoms with Crippen molar-refractivity contribution in [2.24, 2.45) is 0 Å². The molecule has 1 aromatic rings. The normalized spacial score (nSPS) is 11.7. The maximum atomic E-state index is 12.1. The van der Waals surface area contributed by atoms with E-state index in [1.165, 1.54) is 20.3 Å². The molecule has 0 spiro atoms. The molecule has 6 heteroatoms. The third-order valence-electron chi connectivity index (χ3n) is 2.31. The summed E-state index contributed by atoms with van der Waals surface area (Å²) in [4.78, 5) is 21.9. The van der Waals surface area contributed by atoms with Crippen molar-refractivity contribution in [3.63, 3.8) is 0 Å². The fraction of sp³-hybridized carbons (Fsp3) is 0.333. The average molecular weight is 317 g/mol. The summed E-state index contributed by atoms with van der Waals surface area (Å²) < 4.78 is 10.1. The zero-order chi connectivity index (χ0) is 13.7. The maximum Gasteiger partial charge on any atom is 0.304 e. The summed E-state index contributed by atoms with van der Waals surface area (Å²) in [7, 11) is 2.93. The van der Waals surface area contributed by atoms with E-state index in [1.807, 2.05) is 0 Å². The van der Waals surface area contributed by atoms with E-state index in [-0.39, 0.29) is 12.2 Å². The quantitative estimate of drug-likeness (QED) is 0.643. The standard InChI is InChI=1S/C12H13BrO5/c1-17-7-3-4-10(18-2)8(5-7)12(16)9(13)6-11(14)15/h3-5,9H,6H2,1-2H3,(H,14,15). The van der Waals surface area contributed by atoms with Gasteiger partial charge in [0.15, 0.2) is 5.78 Å². The SMILES string of the molecule is COc1ccc(OC)c(C(=O)C(Br)CC(=O)O)c1. The summed E-state index contributed by atoms with van der Waals surface area (Å²) in [5.74, 6) is -0.509. The van der Waals surface area contributed by atoms with Gasteiger partial charge in [0.1, 0.15) is 11.5 Å². The van der Waals surface area contributed by atoms with Gasteiger partial charge in [0, 0.05) is 0 Å². The van der Waals surface area contributed by atoms with Crippen molar-refractivity contribution >= 4 is 27.7 Å². The molecule has 98 valence electrons. The van der Waals surface area contributed by atoms with Crippen molar-refractivity contribution in [3.8, 4) is 11.5 Å². The van der Waals surface area contributed by atoms with Crippen LogP contribution in [0.4, 0.5) is 0 Å². The lowest BCUT2D eigenvalue weighted by molar-refractivity contribution is -0.136. The number of carboxylic acid groups (broad SMARTS) is 1. The van der Waals surface area contributed by atoms with Gasteiger partial charge in [0.2, 0.25) is 0 Å². The number of benzene rings is 1. The molecule has 0 aliphatic rings. The minimum absolute atomic E-state index is 0.292. The van der Waals surface area contributed by atoms with Crippen molar-refractivity contribution in [1.29, 1.82) is 0 Å². The minimum atomic E-state index is -1.05. The molecule has 1 N–H and O–H groups in total. The third-order valence-corrected chi connectivity index (χ3v) is 3.05. The minimum Gasteiger partial charge on any atom is -0.497 e. The lowest BCUT2D eigenvalue weighted by atomic mass is 10.0. The molecule has 1 atom stereocenters. The van der Waals surface area contributed by atoms with Gasteiger partial charge in [-0.15, -0.1) is 0 Å². The van der Waals surface area contributed by atoms with Crippen LogP contribution in [0.3, 0.4) is 0 Å². The molecule has 0 amide bonds. The molecule has 0 bridgehead atoms. The fourth-order valence-electron chi connectivity index (χ4n) is 1.42. The molecule has 1 unspecified atom stereocenters. The number of Topliss-reactive ketones (excluding diaryl/α,β-unsaturated/α-hetero) is 1. The second-order valence-corrected chi connectivity index (χ2v) is 4.60. The van der Waals surface area contributed by atoms with Crippen LogP contribution in [0.2, 0.25) is 0 Å². The predicted molar refractivity (Wildman–Crippen MR) is 68.8 cm³/mol. The first-order chi connectivity index (χ1) is 8.49. The molecule has 0 heterocycles. The highest BCUT2D eigenvalue weighted by atomic mass is 79.9. The maximum absolute atomic E-state index is 12.1. The molecule has 0 aliphatic heterocycles. The zero-order valence-electron chi connectivity index (χ0n) is 9.97. The van der Waals surface area contributed by atoms with Gasteiger partial charge in [-0.2, -0.15) is 0 Å². The Hall–Kier alpha value is -1.56. The van der Waals surface area contributed by atoms with E-state index in [0.717, 1.165) is 0 Å². The van der Waals surface area contributed by atoms with Crippen LogP contribution in [-0.2, 0) is 4.79 Å². The fourth-order valence-corrected chi connectivity index (χ4v) is 1.94. The van der Waals surface area contributed by atoms with Crippen LogP contribution >= 0.6 is 15.9 Å². The van der Waals surface area contributed by atoms with Crippen LogP contribution in [0, 0.1) is 0 Å². The second-order valence-electron chi connectivity index (χ2n) is 3.50. The summed E-state index contributed by atoms with van der Waals surface area (Å²) in [6.45, 7) is 0. The van der Waals surface area contributed by atoms with Crippen LogP contribution < -0.4 is 9.47 Å². The largest absolute Gasteiger partial charge is 0.497 e. The Kier molecular flexibility index (Phi) is 5.15. The lowest BCUT2D eigenvalue weighted by Gasteiger charge is -2.12. The van der Waals surface area contributed by atoms with Gasteiger partial charge in [-0.05, 0) is 18.2 Å². The molecular weight excluding hydrogens is 304 g/mol.